The zero-order chi connectivity index (χ0) is 9.47. The number of nitrogens with zero attached hydrogens (tertiary/aromatic N) is 3. The molecule has 2 aliphatic rings. The highest BCUT2D eigenvalue weighted by molar-refractivity contribution is 5.01. The van der Waals surface area contributed by atoms with E-state index >= 15 is 0 Å². The first-order valence-electron chi connectivity index (χ1n) is 5.19. The number of hydrogen-bond acceptors (Lipinski definition) is 1. The molecule has 3 nitrogen and oxygen atoms in total. The van der Waals surface area contributed by atoms with Crippen LogP contribution in [-0.2, 0) is 0 Å². The fraction of sp³-hybridized carbons (Fsp3) is 1.00. The molecular weight excluding hydrogens is 162 g/mol. The third kappa shape index (κ3) is 1.53. The van der Waals surface area contributed by atoms with Crippen LogP contribution in [0.15, 0.2) is 5.11 Å². The molecule has 4 atom stereocenters. The van der Waals surface area contributed by atoms with Gasteiger partial charge in [0.05, 0.1) is 0 Å². The molecule has 0 aromatic heterocycles. The summed E-state index contributed by atoms with van der Waals surface area (Å²) in [6.45, 7) is 4.44. The second kappa shape index (κ2) is 2.91. The predicted molar refractivity (Wildman–Crippen MR) is 52.2 cm³/mol. The van der Waals surface area contributed by atoms with Gasteiger partial charge in [-0.1, -0.05) is 19.0 Å². The van der Waals surface area contributed by atoms with Crippen molar-refractivity contribution in [2.24, 2.45) is 22.9 Å². The predicted octanol–water partition coefficient (Wildman–Crippen LogP) is 3.51. The third-order valence-electron chi connectivity index (χ3n) is 3.77. The first-order valence-corrected chi connectivity index (χ1v) is 5.19. The van der Waals surface area contributed by atoms with Crippen LogP contribution in [-0.4, -0.2) is 5.54 Å². The van der Waals surface area contributed by atoms with Crippen molar-refractivity contribution in [3.63, 3.8) is 0 Å². The molecule has 0 aliphatic heterocycles. The van der Waals surface area contributed by atoms with Crippen LogP contribution in [0, 0.1) is 17.8 Å². The lowest BCUT2D eigenvalue weighted by atomic mass is 9.95. The van der Waals surface area contributed by atoms with Gasteiger partial charge in [0, 0.05) is 10.5 Å². The van der Waals surface area contributed by atoms with E-state index < -0.39 is 0 Å². The summed E-state index contributed by atoms with van der Waals surface area (Å²) in [5.41, 5.74) is 8.40. The molecular formula is C10H17N3. The minimum Gasteiger partial charge on any atom is -0.0875 e. The Labute approximate surface area is 79.1 Å². The Balaban J connectivity index is 2.08. The highest BCUT2D eigenvalue weighted by Crippen LogP contribution is 2.51. The molecule has 2 fully saturated rings. The largest absolute Gasteiger partial charge is 0.0875 e. The first kappa shape index (κ1) is 8.89. The van der Waals surface area contributed by atoms with Crippen LogP contribution in [0.2, 0.25) is 0 Å². The van der Waals surface area contributed by atoms with Gasteiger partial charge >= 0.3 is 0 Å². The van der Waals surface area contributed by atoms with Crippen molar-refractivity contribution in [1.82, 2.24) is 0 Å². The van der Waals surface area contributed by atoms with Crippen molar-refractivity contribution < 1.29 is 0 Å². The molecule has 0 radical (unpaired) electrons. The van der Waals surface area contributed by atoms with E-state index in [1.807, 2.05) is 0 Å². The van der Waals surface area contributed by atoms with Gasteiger partial charge in [0.15, 0.2) is 0 Å². The van der Waals surface area contributed by atoms with Crippen molar-refractivity contribution in [3.8, 4) is 0 Å². The zero-order valence-corrected chi connectivity index (χ0v) is 8.40. The van der Waals surface area contributed by atoms with E-state index in [1.165, 1.54) is 12.8 Å². The average molecular weight is 179 g/mol. The summed E-state index contributed by atoms with van der Waals surface area (Å²) in [5.74, 6) is 2.57. The smallest absolute Gasteiger partial charge is 0.0465 e. The molecule has 72 valence electrons. The second-order valence-corrected chi connectivity index (χ2v) is 5.19. The van der Waals surface area contributed by atoms with E-state index in [2.05, 4.69) is 23.9 Å². The highest BCUT2D eigenvalue weighted by atomic mass is 15.2. The van der Waals surface area contributed by atoms with Crippen LogP contribution >= 0.6 is 0 Å². The summed E-state index contributed by atoms with van der Waals surface area (Å²) in [4.78, 5) is 2.96. The van der Waals surface area contributed by atoms with Gasteiger partial charge in [0.25, 0.3) is 0 Å². The number of rotatable bonds is 1. The van der Waals surface area contributed by atoms with Crippen LogP contribution in [0.1, 0.15) is 39.5 Å². The molecule has 2 rings (SSSR count). The van der Waals surface area contributed by atoms with Crippen LogP contribution in [0.25, 0.3) is 10.4 Å². The summed E-state index contributed by atoms with van der Waals surface area (Å²) >= 11 is 0. The second-order valence-electron chi connectivity index (χ2n) is 5.19. The summed E-state index contributed by atoms with van der Waals surface area (Å²) in [7, 11) is 0. The van der Waals surface area contributed by atoms with Crippen molar-refractivity contribution in [2.75, 3.05) is 0 Å². The molecule has 2 aliphatic carbocycles. The van der Waals surface area contributed by atoms with Crippen molar-refractivity contribution in [2.45, 2.75) is 45.1 Å². The Morgan fingerprint density at radius 2 is 1.85 bits per heavy atom. The first-order chi connectivity index (χ1) is 6.13. The van der Waals surface area contributed by atoms with Gasteiger partial charge in [-0.3, -0.25) is 0 Å². The third-order valence-corrected chi connectivity index (χ3v) is 3.77. The Morgan fingerprint density at radius 3 is 2.31 bits per heavy atom. The molecule has 0 amide bonds. The van der Waals surface area contributed by atoms with E-state index in [0.29, 0.717) is 0 Å². The summed E-state index contributed by atoms with van der Waals surface area (Å²) in [5, 5.41) is 3.94. The molecule has 2 saturated carbocycles. The number of hydrogen-bond donors (Lipinski definition) is 0. The Kier molecular flexibility index (Phi) is 1.99. The van der Waals surface area contributed by atoms with Crippen molar-refractivity contribution >= 4 is 0 Å². The molecule has 13 heavy (non-hydrogen) atoms. The van der Waals surface area contributed by atoms with Gasteiger partial charge in [0.1, 0.15) is 0 Å². The summed E-state index contributed by atoms with van der Waals surface area (Å²) < 4.78 is 0. The molecule has 0 aromatic carbocycles. The van der Waals surface area contributed by atoms with Gasteiger partial charge in [-0.15, -0.1) is 0 Å². The average Bonchev–Trinajstić information content (AvgIpc) is 2.41. The van der Waals surface area contributed by atoms with Crippen molar-refractivity contribution in [3.05, 3.63) is 10.4 Å². The van der Waals surface area contributed by atoms with Gasteiger partial charge < -0.3 is 0 Å². The lowest BCUT2D eigenvalue weighted by molar-refractivity contribution is 0.409. The maximum Gasteiger partial charge on any atom is 0.0465 e. The molecule has 2 unspecified atom stereocenters. The van der Waals surface area contributed by atoms with Gasteiger partial charge in [-0.25, -0.2) is 0 Å². The standard InChI is InChI=1S/C10H17N3/c1-7-3-8-5-10(2,12-13-11)6-9(8)4-7/h7-9H,3-6H2,1-2H3/t7?,8-,9+,10?. The van der Waals surface area contributed by atoms with E-state index in [9.17, 15) is 0 Å². The van der Waals surface area contributed by atoms with Crippen LogP contribution in [0.3, 0.4) is 0 Å². The fourth-order valence-electron chi connectivity index (χ4n) is 3.42. The monoisotopic (exact) mass is 179 g/mol. The highest BCUT2D eigenvalue weighted by Gasteiger charge is 2.45. The summed E-state index contributed by atoms with van der Waals surface area (Å²) in [6.07, 6.45) is 4.93. The lowest BCUT2D eigenvalue weighted by Gasteiger charge is -2.18. The maximum atomic E-state index is 8.47. The molecule has 0 saturated heterocycles. The zero-order valence-electron chi connectivity index (χ0n) is 8.40. The van der Waals surface area contributed by atoms with Gasteiger partial charge in [-0.2, -0.15) is 0 Å². The van der Waals surface area contributed by atoms with Crippen LogP contribution < -0.4 is 0 Å². The maximum absolute atomic E-state index is 8.47. The molecule has 0 N–H and O–H groups in total. The Bertz CT molecular complexity index is 241. The molecule has 0 heterocycles. The van der Waals surface area contributed by atoms with Gasteiger partial charge in [-0.05, 0) is 49.0 Å². The molecule has 0 bridgehead atoms. The van der Waals surface area contributed by atoms with E-state index in [-0.39, 0.29) is 5.54 Å². The van der Waals surface area contributed by atoms with Crippen LogP contribution in [0.4, 0.5) is 0 Å². The lowest BCUT2D eigenvalue weighted by Crippen LogP contribution is -2.17. The van der Waals surface area contributed by atoms with Crippen LogP contribution in [0.5, 0.6) is 0 Å². The normalized spacial score (nSPS) is 48.6. The van der Waals surface area contributed by atoms with E-state index in [1.54, 1.807) is 0 Å². The fourth-order valence-corrected chi connectivity index (χ4v) is 3.42. The molecule has 3 heteroatoms. The SMILES string of the molecule is CC1C[C@@H]2CC(C)(N=[N+]=[N-])C[C@@H]2C1. The Morgan fingerprint density at radius 1 is 1.31 bits per heavy atom. The quantitative estimate of drug-likeness (QED) is 0.336. The summed E-state index contributed by atoms with van der Waals surface area (Å²) in [6, 6.07) is 0. The van der Waals surface area contributed by atoms with E-state index in [0.717, 1.165) is 30.6 Å². The van der Waals surface area contributed by atoms with Gasteiger partial charge in [0.2, 0.25) is 0 Å². The molecule has 0 spiro atoms. The Hall–Kier alpha value is -0.690. The molecule has 0 aromatic rings. The van der Waals surface area contributed by atoms with E-state index in [4.69, 9.17) is 5.53 Å². The van der Waals surface area contributed by atoms with Crippen molar-refractivity contribution in [1.29, 1.82) is 0 Å². The topological polar surface area (TPSA) is 48.8 Å². The minimum atomic E-state index is -0.0653. The minimum absolute atomic E-state index is 0.0653. The number of fused-ring (bicyclic) bond motifs is 1. The number of azide groups is 1.